The summed E-state index contributed by atoms with van der Waals surface area (Å²) in [5, 5.41) is 10.9. The summed E-state index contributed by atoms with van der Waals surface area (Å²) in [5.41, 5.74) is 5.32. The van der Waals surface area contributed by atoms with Gasteiger partial charge in [0.05, 0.1) is 0 Å². The molecule has 27 heavy (non-hydrogen) atoms. The SMILES string of the molecule is CCCCCCCCCCCCCCCC(=O)NC(=O)CCC(N)C(=O)O. The van der Waals surface area contributed by atoms with Crippen molar-refractivity contribution < 1.29 is 19.5 Å². The predicted molar refractivity (Wildman–Crippen MR) is 108 cm³/mol. The average molecular weight is 385 g/mol. The lowest BCUT2D eigenvalue weighted by Gasteiger charge is -2.07. The third-order valence-corrected chi connectivity index (χ3v) is 4.79. The van der Waals surface area contributed by atoms with Crippen molar-refractivity contribution in [3.63, 3.8) is 0 Å². The lowest BCUT2D eigenvalue weighted by molar-refractivity contribution is -0.138. The second kappa shape index (κ2) is 18.0. The number of imide groups is 1. The van der Waals surface area contributed by atoms with Crippen molar-refractivity contribution in [1.29, 1.82) is 0 Å². The number of rotatable bonds is 18. The summed E-state index contributed by atoms with van der Waals surface area (Å²) >= 11 is 0. The Hall–Kier alpha value is -1.43. The molecule has 158 valence electrons. The summed E-state index contributed by atoms with van der Waals surface area (Å²) in [6, 6.07) is -1.06. The maximum absolute atomic E-state index is 11.7. The fourth-order valence-electron chi connectivity index (χ4n) is 2.99. The van der Waals surface area contributed by atoms with E-state index < -0.39 is 17.9 Å². The van der Waals surface area contributed by atoms with Crippen molar-refractivity contribution in [3.05, 3.63) is 0 Å². The number of carboxylic acid groups (broad SMARTS) is 1. The third-order valence-electron chi connectivity index (χ3n) is 4.79. The van der Waals surface area contributed by atoms with E-state index >= 15 is 0 Å². The minimum Gasteiger partial charge on any atom is -0.480 e. The summed E-state index contributed by atoms with van der Waals surface area (Å²) in [6.45, 7) is 2.24. The maximum atomic E-state index is 11.7. The average Bonchev–Trinajstić information content (AvgIpc) is 2.63. The quantitative estimate of drug-likeness (QED) is 0.305. The molecule has 0 aliphatic heterocycles. The van der Waals surface area contributed by atoms with Crippen LogP contribution >= 0.6 is 0 Å². The molecule has 4 N–H and O–H groups in total. The van der Waals surface area contributed by atoms with Gasteiger partial charge in [0.15, 0.2) is 0 Å². The van der Waals surface area contributed by atoms with Crippen LogP contribution in [0.2, 0.25) is 0 Å². The second-order valence-electron chi connectivity index (χ2n) is 7.45. The monoisotopic (exact) mass is 384 g/mol. The first-order valence-corrected chi connectivity index (χ1v) is 10.8. The summed E-state index contributed by atoms with van der Waals surface area (Å²) in [6.07, 6.45) is 16.5. The molecular formula is C21H40N2O4. The van der Waals surface area contributed by atoms with E-state index in [1.807, 2.05) is 0 Å². The highest BCUT2D eigenvalue weighted by molar-refractivity contribution is 5.95. The minimum absolute atomic E-state index is 0.0349. The van der Waals surface area contributed by atoms with Crippen molar-refractivity contribution in [2.45, 2.75) is 116 Å². The molecule has 0 spiro atoms. The number of carbonyl (C=O) groups excluding carboxylic acids is 2. The number of hydrogen-bond acceptors (Lipinski definition) is 4. The lowest BCUT2D eigenvalue weighted by Crippen LogP contribution is -2.34. The molecule has 0 heterocycles. The molecule has 0 fully saturated rings. The largest absolute Gasteiger partial charge is 0.480 e. The molecule has 6 heteroatoms. The van der Waals surface area contributed by atoms with Crippen LogP contribution in [0.1, 0.15) is 110 Å². The molecule has 0 bridgehead atoms. The van der Waals surface area contributed by atoms with E-state index in [0.717, 1.165) is 19.3 Å². The van der Waals surface area contributed by atoms with Crippen LogP contribution in [-0.4, -0.2) is 28.9 Å². The van der Waals surface area contributed by atoms with Crippen LogP contribution < -0.4 is 11.1 Å². The van der Waals surface area contributed by atoms with Gasteiger partial charge in [0.25, 0.3) is 0 Å². The van der Waals surface area contributed by atoms with Crippen molar-refractivity contribution in [1.82, 2.24) is 5.32 Å². The number of carboxylic acids is 1. The van der Waals surface area contributed by atoms with Gasteiger partial charge in [-0.3, -0.25) is 19.7 Å². The highest BCUT2D eigenvalue weighted by Crippen LogP contribution is 2.12. The molecule has 1 atom stereocenters. The van der Waals surface area contributed by atoms with Crippen LogP contribution in [0.5, 0.6) is 0 Å². The molecular weight excluding hydrogens is 344 g/mol. The number of unbranched alkanes of at least 4 members (excludes halogenated alkanes) is 12. The molecule has 6 nitrogen and oxygen atoms in total. The zero-order valence-corrected chi connectivity index (χ0v) is 17.1. The molecule has 1 unspecified atom stereocenters. The van der Waals surface area contributed by atoms with Crippen LogP contribution in [0, 0.1) is 0 Å². The van der Waals surface area contributed by atoms with Crippen LogP contribution in [0.3, 0.4) is 0 Å². The first-order chi connectivity index (χ1) is 13.0. The number of nitrogens with one attached hydrogen (secondary N) is 1. The van der Waals surface area contributed by atoms with Crippen molar-refractivity contribution in [3.8, 4) is 0 Å². The second-order valence-corrected chi connectivity index (χ2v) is 7.45. The fourth-order valence-corrected chi connectivity index (χ4v) is 2.99. The minimum atomic E-state index is -1.14. The molecule has 0 aromatic heterocycles. The van der Waals surface area contributed by atoms with Gasteiger partial charge in [-0.25, -0.2) is 0 Å². The van der Waals surface area contributed by atoms with Gasteiger partial charge in [0, 0.05) is 12.8 Å². The first kappa shape index (κ1) is 25.6. The van der Waals surface area contributed by atoms with Gasteiger partial charge in [0.1, 0.15) is 6.04 Å². The van der Waals surface area contributed by atoms with Crippen molar-refractivity contribution in [2.24, 2.45) is 5.73 Å². The van der Waals surface area contributed by atoms with Crippen molar-refractivity contribution >= 4 is 17.8 Å². The van der Waals surface area contributed by atoms with Gasteiger partial charge >= 0.3 is 5.97 Å². The topological polar surface area (TPSA) is 109 Å². The van der Waals surface area contributed by atoms with Gasteiger partial charge in [-0.2, -0.15) is 0 Å². The maximum Gasteiger partial charge on any atom is 0.320 e. The predicted octanol–water partition coefficient (Wildman–Crippen LogP) is 4.30. The number of hydrogen-bond donors (Lipinski definition) is 3. The van der Waals surface area contributed by atoms with Crippen LogP contribution in [0.15, 0.2) is 0 Å². The van der Waals surface area contributed by atoms with E-state index in [2.05, 4.69) is 12.2 Å². The van der Waals surface area contributed by atoms with Gasteiger partial charge in [0.2, 0.25) is 11.8 Å². The molecule has 0 aliphatic rings. The lowest BCUT2D eigenvalue weighted by atomic mass is 10.0. The Morgan fingerprint density at radius 2 is 1.15 bits per heavy atom. The third kappa shape index (κ3) is 17.7. The molecule has 0 aromatic rings. The Labute approximate surface area is 164 Å². The Balaban J connectivity index is 3.38. The smallest absolute Gasteiger partial charge is 0.320 e. The molecule has 0 saturated heterocycles. The number of nitrogens with two attached hydrogens (primary N) is 1. The molecule has 2 amide bonds. The van der Waals surface area contributed by atoms with E-state index in [1.165, 1.54) is 64.2 Å². The Bertz CT molecular complexity index is 413. The molecule has 0 aromatic carbocycles. The van der Waals surface area contributed by atoms with E-state index in [1.54, 1.807) is 0 Å². The molecule has 0 radical (unpaired) electrons. The molecule has 0 rings (SSSR count). The van der Waals surface area contributed by atoms with Crippen molar-refractivity contribution in [2.75, 3.05) is 0 Å². The Kier molecular flexibility index (Phi) is 17.0. The van der Waals surface area contributed by atoms with Crippen LogP contribution in [-0.2, 0) is 14.4 Å². The van der Waals surface area contributed by atoms with E-state index in [0.29, 0.717) is 6.42 Å². The molecule has 0 saturated carbocycles. The van der Waals surface area contributed by atoms with Gasteiger partial charge in [-0.15, -0.1) is 0 Å². The van der Waals surface area contributed by atoms with Gasteiger partial charge in [-0.05, 0) is 12.8 Å². The molecule has 0 aliphatic carbocycles. The highest BCUT2D eigenvalue weighted by Gasteiger charge is 2.14. The zero-order valence-electron chi connectivity index (χ0n) is 17.1. The summed E-state index contributed by atoms with van der Waals surface area (Å²) < 4.78 is 0. The van der Waals surface area contributed by atoms with Gasteiger partial charge in [-0.1, -0.05) is 84.0 Å². The number of amides is 2. The number of carbonyl (C=O) groups is 3. The summed E-state index contributed by atoms with van der Waals surface area (Å²) in [7, 11) is 0. The zero-order chi connectivity index (χ0) is 20.3. The Morgan fingerprint density at radius 1 is 0.741 bits per heavy atom. The number of aliphatic carboxylic acids is 1. The van der Waals surface area contributed by atoms with Crippen LogP contribution in [0.4, 0.5) is 0 Å². The van der Waals surface area contributed by atoms with Crippen LogP contribution in [0.25, 0.3) is 0 Å². The summed E-state index contributed by atoms with van der Waals surface area (Å²) in [5.74, 6) is -1.88. The van der Waals surface area contributed by atoms with E-state index in [9.17, 15) is 14.4 Å². The van der Waals surface area contributed by atoms with E-state index in [4.69, 9.17) is 10.8 Å². The standard InChI is InChI=1S/C21H40N2O4/c1-2-3-4-5-6-7-8-9-10-11-12-13-14-15-19(24)23-20(25)17-16-18(22)21(26)27/h18H,2-17,22H2,1H3,(H,26,27)(H,23,24,25). The summed E-state index contributed by atoms with van der Waals surface area (Å²) in [4.78, 5) is 33.7. The van der Waals surface area contributed by atoms with E-state index in [-0.39, 0.29) is 18.7 Å². The highest BCUT2D eigenvalue weighted by atomic mass is 16.4. The van der Waals surface area contributed by atoms with Gasteiger partial charge < -0.3 is 10.8 Å². The Morgan fingerprint density at radius 3 is 1.59 bits per heavy atom. The fraction of sp³-hybridized carbons (Fsp3) is 0.857. The normalized spacial score (nSPS) is 11.9. The first-order valence-electron chi connectivity index (χ1n) is 10.8.